The maximum absolute atomic E-state index is 13.9. The number of carbonyl (C=O) groups is 1. The lowest BCUT2D eigenvalue weighted by molar-refractivity contribution is 0.0288. The van der Waals surface area contributed by atoms with Crippen molar-refractivity contribution in [1.82, 2.24) is 19.0 Å². The second kappa shape index (κ2) is 8.05. The first-order valence-corrected chi connectivity index (χ1v) is 10.2. The molecule has 1 aliphatic rings. The minimum atomic E-state index is -1.20. The van der Waals surface area contributed by atoms with Gasteiger partial charge in [-0.15, -0.1) is 0 Å². The maximum Gasteiger partial charge on any atom is 0.410 e. The summed E-state index contributed by atoms with van der Waals surface area (Å²) in [6, 6.07) is 2.97. The van der Waals surface area contributed by atoms with E-state index in [-0.39, 0.29) is 36.2 Å². The molecule has 3 aromatic rings. The Morgan fingerprint density at radius 1 is 1.12 bits per heavy atom. The topological polar surface area (TPSA) is 86.4 Å². The van der Waals surface area contributed by atoms with E-state index in [0.717, 1.165) is 39.6 Å². The van der Waals surface area contributed by atoms with Crippen molar-refractivity contribution in [3.8, 4) is 5.69 Å². The molecule has 1 fully saturated rings. The van der Waals surface area contributed by atoms with Crippen LogP contribution in [0.5, 0.6) is 0 Å². The van der Waals surface area contributed by atoms with Gasteiger partial charge in [0.1, 0.15) is 11.4 Å². The van der Waals surface area contributed by atoms with Crippen molar-refractivity contribution in [2.24, 2.45) is 0 Å². The molecule has 0 radical (unpaired) electrons. The van der Waals surface area contributed by atoms with E-state index in [1.807, 2.05) is 0 Å². The average Bonchev–Trinajstić information content (AvgIpc) is 3.20. The molecule has 0 bridgehead atoms. The second-order valence-electron chi connectivity index (χ2n) is 8.79. The number of nitrogens with zero attached hydrogens (tertiary/aromatic N) is 4. The fraction of sp³-hybridized carbons (Fsp3) is 0.364. The summed E-state index contributed by atoms with van der Waals surface area (Å²) < 4.78 is 48.5. The van der Waals surface area contributed by atoms with Crippen molar-refractivity contribution in [3.63, 3.8) is 0 Å². The van der Waals surface area contributed by atoms with Crippen LogP contribution >= 0.6 is 0 Å². The molecule has 3 heterocycles. The van der Waals surface area contributed by atoms with E-state index >= 15 is 0 Å². The number of fused-ring (bicyclic) bond motifs is 1. The van der Waals surface area contributed by atoms with Gasteiger partial charge in [-0.3, -0.25) is 9.36 Å². The third-order valence-corrected chi connectivity index (χ3v) is 5.23. The van der Waals surface area contributed by atoms with Gasteiger partial charge >= 0.3 is 11.8 Å². The van der Waals surface area contributed by atoms with Crippen LogP contribution in [0.2, 0.25) is 0 Å². The molecule has 174 valence electrons. The number of aromatic nitrogens is 3. The number of hydrogen-bond donors (Lipinski definition) is 0. The van der Waals surface area contributed by atoms with Crippen molar-refractivity contribution in [3.05, 3.63) is 68.8 Å². The summed E-state index contributed by atoms with van der Waals surface area (Å²) in [4.78, 5) is 44.2. The highest BCUT2D eigenvalue weighted by atomic mass is 19.2. The monoisotopic (exact) mass is 462 g/mol. The van der Waals surface area contributed by atoms with Gasteiger partial charge in [-0.2, -0.15) is 0 Å². The van der Waals surface area contributed by atoms with Crippen LogP contribution in [0, 0.1) is 17.5 Å². The van der Waals surface area contributed by atoms with Crippen molar-refractivity contribution < 1.29 is 22.7 Å². The summed E-state index contributed by atoms with van der Waals surface area (Å²) in [5.74, 6) is -3.12. The molecule has 1 amide bonds. The summed E-state index contributed by atoms with van der Waals surface area (Å²) >= 11 is 0. The Labute approximate surface area is 185 Å². The van der Waals surface area contributed by atoms with E-state index in [1.54, 1.807) is 20.8 Å². The Kier molecular flexibility index (Phi) is 5.51. The maximum atomic E-state index is 13.9. The molecule has 4 rings (SSSR count). The first kappa shape index (κ1) is 22.6. The van der Waals surface area contributed by atoms with E-state index < -0.39 is 46.4 Å². The number of ether oxygens (including phenoxy) is 1. The van der Waals surface area contributed by atoms with Gasteiger partial charge in [0, 0.05) is 19.2 Å². The van der Waals surface area contributed by atoms with Gasteiger partial charge in [0.15, 0.2) is 17.3 Å². The standard InChI is InChI=1S/C22H21F3N4O4/c1-22(2,3)33-21(32)27-7-6-14(11-27)29-19(30)15-8-12(23)10-26-18(15)28(20(29)31)13-4-5-16(24)17(25)9-13/h4-5,8-10,14H,6-7,11H2,1-3H3/t14-/m0/s1. The predicted octanol–water partition coefficient (Wildman–Crippen LogP) is 3.15. The summed E-state index contributed by atoms with van der Waals surface area (Å²) in [6.07, 6.45) is 0.495. The summed E-state index contributed by atoms with van der Waals surface area (Å²) in [7, 11) is 0. The molecule has 1 aromatic carbocycles. The number of amides is 1. The molecule has 1 saturated heterocycles. The molecule has 0 spiro atoms. The van der Waals surface area contributed by atoms with Crippen LogP contribution in [0.1, 0.15) is 33.2 Å². The highest BCUT2D eigenvalue weighted by Crippen LogP contribution is 2.23. The lowest BCUT2D eigenvalue weighted by Crippen LogP contribution is -2.43. The van der Waals surface area contributed by atoms with Crippen molar-refractivity contribution in [1.29, 1.82) is 0 Å². The predicted molar refractivity (Wildman–Crippen MR) is 113 cm³/mol. The number of pyridine rings is 1. The summed E-state index contributed by atoms with van der Waals surface area (Å²) in [5.41, 5.74) is -2.67. The molecule has 1 atom stereocenters. The van der Waals surface area contributed by atoms with Gasteiger partial charge in [-0.05, 0) is 45.4 Å². The second-order valence-corrected chi connectivity index (χ2v) is 8.79. The van der Waals surface area contributed by atoms with Crippen LogP contribution in [-0.2, 0) is 4.74 Å². The van der Waals surface area contributed by atoms with Crippen LogP contribution in [0.4, 0.5) is 18.0 Å². The first-order chi connectivity index (χ1) is 15.5. The smallest absolute Gasteiger partial charge is 0.410 e. The summed E-state index contributed by atoms with van der Waals surface area (Å²) in [5, 5.41) is -0.213. The average molecular weight is 462 g/mol. The molecule has 2 aromatic heterocycles. The van der Waals surface area contributed by atoms with E-state index in [9.17, 15) is 27.6 Å². The molecule has 0 unspecified atom stereocenters. The van der Waals surface area contributed by atoms with E-state index in [4.69, 9.17) is 4.74 Å². The van der Waals surface area contributed by atoms with Crippen LogP contribution in [0.15, 0.2) is 40.1 Å². The number of hydrogen-bond acceptors (Lipinski definition) is 5. The van der Waals surface area contributed by atoms with Gasteiger partial charge in [0.25, 0.3) is 5.56 Å². The van der Waals surface area contributed by atoms with Crippen molar-refractivity contribution >= 4 is 17.1 Å². The fourth-order valence-corrected chi connectivity index (χ4v) is 3.81. The lowest BCUT2D eigenvalue weighted by Gasteiger charge is -2.24. The fourth-order valence-electron chi connectivity index (χ4n) is 3.81. The highest BCUT2D eigenvalue weighted by Gasteiger charge is 2.33. The summed E-state index contributed by atoms with van der Waals surface area (Å²) in [6.45, 7) is 5.39. The minimum Gasteiger partial charge on any atom is -0.444 e. The Morgan fingerprint density at radius 2 is 1.85 bits per heavy atom. The quantitative estimate of drug-likeness (QED) is 0.584. The molecule has 0 aliphatic carbocycles. The number of carbonyl (C=O) groups excluding carboxylic acids is 1. The van der Waals surface area contributed by atoms with Gasteiger partial charge in [0.2, 0.25) is 0 Å². The van der Waals surface area contributed by atoms with Gasteiger partial charge in [-0.25, -0.2) is 32.3 Å². The minimum absolute atomic E-state index is 0.0100. The third kappa shape index (κ3) is 4.22. The normalized spacial score (nSPS) is 16.4. The Bertz CT molecular complexity index is 1380. The molecule has 8 nitrogen and oxygen atoms in total. The third-order valence-electron chi connectivity index (χ3n) is 5.23. The SMILES string of the molecule is CC(C)(C)OC(=O)N1CC[C@H](n2c(=O)c3cc(F)cnc3n(-c3ccc(F)c(F)c3)c2=O)C1. The van der Waals surface area contributed by atoms with E-state index in [1.165, 1.54) is 4.90 Å². The van der Waals surface area contributed by atoms with Gasteiger partial charge < -0.3 is 9.64 Å². The van der Waals surface area contributed by atoms with Gasteiger partial charge in [0.05, 0.1) is 23.3 Å². The molecule has 0 saturated carbocycles. The molecule has 11 heteroatoms. The van der Waals surface area contributed by atoms with Crippen LogP contribution in [0.25, 0.3) is 16.7 Å². The Hall–Kier alpha value is -3.63. The first-order valence-electron chi connectivity index (χ1n) is 10.2. The van der Waals surface area contributed by atoms with E-state index in [2.05, 4.69) is 4.98 Å². The van der Waals surface area contributed by atoms with Crippen LogP contribution in [-0.4, -0.2) is 43.8 Å². The van der Waals surface area contributed by atoms with Crippen molar-refractivity contribution in [2.45, 2.75) is 38.8 Å². The number of likely N-dealkylation sites (tertiary alicyclic amines) is 1. The lowest BCUT2D eigenvalue weighted by atomic mass is 10.2. The van der Waals surface area contributed by atoms with Crippen LogP contribution in [0.3, 0.4) is 0 Å². The number of halogens is 3. The molecule has 0 N–H and O–H groups in total. The number of benzene rings is 1. The largest absolute Gasteiger partial charge is 0.444 e. The Morgan fingerprint density at radius 3 is 2.52 bits per heavy atom. The van der Waals surface area contributed by atoms with E-state index in [0.29, 0.717) is 0 Å². The zero-order valence-electron chi connectivity index (χ0n) is 18.1. The number of rotatable bonds is 2. The zero-order valence-corrected chi connectivity index (χ0v) is 18.1. The molecular weight excluding hydrogens is 441 g/mol. The Balaban J connectivity index is 1.86. The zero-order chi connectivity index (χ0) is 24.1. The molecule has 1 aliphatic heterocycles. The highest BCUT2D eigenvalue weighted by molar-refractivity contribution is 5.75. The van der Waals surface area contributed by atoms with Gasteiger partial charge in [-0.1, -0.05) is 0 Å². The molecule has 33 heavy (non-hydrogen) atoms. The van der Waals surface area contributed by atoms with Crippen molar-refractivity contribution in [2.75, 3.05) is 13.1 Å². The molecular formula is C22H21F3N4O4. The van der Waals surface area contributed by atoms with Crippen LogP contribution < -0.4 is 11.2 Å².